The lowest BCUT2D eigenvalue weighted by Gasteiger charge is -2.18. The van der Waals surface area contributed by atoms with Gasteiger partial charge in [-0.1, -0.05) is 12.2 Å². The second kappa shape index (κ2) is 2.99. The minimum absolute atomic E-state index is 0.196. The molecule has 0 fully saturated rings. The monoisotopic (exact) mass is 128 g/mol. The van der Waals surface area contributed by atoms with Gasteiger partial charge in [0.15, 0.2) is 0 Å². The molecule has 1 rings (SSSR count). The molecule has 0 saturated heterocycles. The van der Waals surface area contributed by atoms with Crippen LogP contribution in [0.1, 0.15) is 12.8 Å². The summed E-state index contributed by atoms with van der Waals surface area (Å²) in [4.78, 5) is 0. The minimum atomic E-state index is -0.323. The van der Waals surface area contributed by atoms with Crippen LogP contribution in [-0.4, -0.2) is 22.9 Å². The molecule has 0 heterocycles. The largest absolute Gasteiger partial charge is 0.396 e. The van der Waals surface area contributed by atoms with E-state index in [9.17, 15) is 0 Å². The molecule has 0 amide bonds. The van der Waals surface area contributed by atoms with Crippen LogP contribution in [0.2, 0.25) is 0 Å². The summed E-state index contributed by atoms with van der Waals surface area (Å²) < 4.78 is 0. The Morgan fingerprint density at radius 1 is 1.56 bits per heavy atom. The second-order valence-corrected chi connectivity index (χ2v) is 2.52. The van der Waals surface area contributed by atoms with Crippen LogP contribution in [0, 0.1) is 5.92 Å². The van der Waals surface area contributed by atoms with Crippen molar-refractivity contribution in [3.05, 3.63) is 12.2 Å². The number of aliphatic hydroxyl groups excluding tert-OH is 2. The summed E-state index contributed by atoms with van der Waals surface area (Å²) in [6.07, 6.45) is 5.01. The molecule has 2 N–H and O–H groups in total. The molecule has 0 aromatic rings. The van der Waals surface area contributed by atoms with E-state index in [4.69, 9.17) is 10.2 Å². The van der Waals surface area contributed by atoms with Gasteiger partial charge in [0, 0.05) is 6.61 Å². The molecule has 0 aromatic heterocycles. The maximum absolute atomic E-state index is 9.01. The maximum atomic E-state index is 9.01. The maximum Gasteiger partial charge on any atom is 0.0724 e. The molecule has 52 valence electrons. The molecule has 2 nitrogen and oxygen atoms in total. The van der Waals surface area contributed by atoms with Crippen LogP contribution in [0.15, 0.2) is 12.2 Å². The molecular weight excluding hydrogens is 116 g/mol. The first-order chi connectivity index (χ1) is 4.33. The lowest BCUT2D eigenvalue weighted by atomic mass is 9.94. The molecule has 0 radical (unpaired) electrons. The quantitative estimate of drug-likeness (QED) is 0.499. The summed E-state index contributed by atoms with van der Waals surface area (Å²) in [5.41, 5.74) is 0. The third-order valence-corrected chi connectivity index (χ3v) is 1.66. The molecule has 0 aliphatic heterocycles. The lowest BCUT2D eigenvalue weighted by molar-refractivity contribution is 0.139. The summed E-state index contributed by atoms with van der Waals surface area (Å²) in [5.74, 6) is 0.282. The molecule has 2 atom stereocenters. The second-order valence-electron chi connectivity index (χ2n) is 2.52. The highest BCUT2D eigenvalue weighted by Gasteiger charge is 2.13. The van der Waals surface area contributed by atoms with Crippen molar-refractivity contribution in [3.8, 4) is 0 Å². The molecule has 0 saturated carbocycles. The van der Waals surface area contributed by atoms with Crippen LogP contribution in [0.3, 0.4) is 0 Å². The van der Waals surface area contributed by atoms with Crippen molar-refractivity contribution in [2.24, 2.45) is 5.92 Å². The van der Waals surface area contributed by atoms with E-state index in [0.717, 1.165) is 6.42 Å². The Labute approximate surface area is 54.8 Å². The lowest BCUT2D eigenvalue weighted by Crippen LogP contribution is -2.17. The van der Waals surface area contributed by atoms with Crippen LogP contribution in [0.25, 0.3) is 0 Å². The van der Waals surface area contributed by atoms with Crippen molar-refractivity contribution in [1.29, 1.82) is 0 Å². The minimum Gasteiger partial charge on any atom is -0.396 e. The first-order valence-corrected chi connectivity index (χ1v) is 3.28. The predicted octanol–water partition coefficient (Wildman–Crippen LogP) is 0.306. The molecule has 1 aliphatic rings. The molecule has 0 unspecified atom stereocenters. The van der Waals surface area contributed by atoms with Crippen LogP contribution < -0.4 is 0 Å². The number of allylic oxidation sites excluding steroid dienone is 1. The average Bonchev–Trinajstić information content (AvgIpc) is 1.88. The zero-order valence-corrected chi connectivity index (χ0v) is 5.33. The van der Waals surface area contributed by atoms with Crippen molar-refractivity contribution < 1.29 is 10.2 Å². The fraction of sp³-hybridized carbons (Fsp3) is 0.714. The summed E-state index contributed by atoms with van der Waals surface area (Å²) in [7, 11) is 0. The van der Waals surface area contributed by atoms with Gasteiger partial charge in [-0.2, -0.15) is 0 Å². The van der Waals surface area contributed by atoms with E-state index in [-0.39, 0.29) is 18.6 Å². The van der Waals surface area contributed by atoms with E-state index in [1.807, 2.05) is 6.08 Å². The SMILES string of the molecule is OC[C@@H]1CC=C[C@@H](O)C1. The third-order valence-electron chi connectivity index (χ3n) is 1.66. The van der Waals surface area contributed by atoms with Crippen molar-refractivity contribution in [1.82, 2.24) is 0 Å². The molecule has 0 spiro atoms. The van der Waals surface area contributed by atoms with Crippen LogP contribution >= 0.6 is 0 Å². The van der Waals surface area contributed by atoms with Crippen LogP contribution in [0.5, 0.6) is 0 Å². The third kappa shape index (κ3) is 1.80. The highest BCUT2D eigenvalue weighted by molar-refractivity contribution is 4.96. The predicted molar refractivity (Wildman–Crippen MR) is 35.0 cm³/mol. The topological polar surface area (TPSA) is 40.5 Å². The Kier molecular flexibility index (Phi) is 2.25. The molecule has 1 aliphatic carbocycles. The first-order valence-electron chi connectivity index (χ1n) is 3.28. The smallest absolute Gasteiger partial charge is 0.0724 e. The molecule has 0 aromatic carbocycles. The zero-order valence-electron chi connectivity index (χ0n) is 5.33. The van der Waals surface area contributed by atoms with Crippen molar-refractivity contribution in [3.63, 3.8) is 0 Å². The number of hydrogen-bond donors (Lipinski definition) is 2. The Morgan fingerprint density at radius 3 is 2.78 bits per heavy atom. The Bertz CT molecular complexity index is 109. The summed E-state index contributed by atoms with van der Waals surface area (Å²) >= 11 is 0. The van der Waals surface area contributed by atoms with E-state index in [0.29, 0.717) is 6.42 Å². The molecule has 2 heteroatoms. The number of rotatable bonds is 1. The van der Waals surface area contributed by atoms with Gasteiger partial charge in [-0.05, 0) is 18.8 Å². The highest BCUT2D eigenvalue weighted by atomic mass is 16.3. The highest BCUT2D eigenvalue weighted by Crippen LogP contribution is 2.17. The fourth-order valence-corrected chi connectivity index (χ4v) is 1.09. The van der Waals surface area contributed by atoms with Gasteiger partial charge in [0.05, 0.1) is 6.10 Å². The van der Waals surface area contributed by atoms with Crippen LogP contribution in [-0.2, 0) is 0 Å². The summed E-state index contributed by atoms with van der Waals surface area (Å²) in [6.45, 7) is 0.196. The van der Waals surface area contributed by atoms with Gasteiger partial charge < -0.3 is 10.2 Å². The van der Waals surface area contributed by atoms with E-state index >= 15 is 0 Å². The van der Waals surface area contributed by atoms with E-state index in [1.54, 1.807) is 6.08 Å². The number of aliphatic hydroxyl groups is 2. The normalized spacial score (nSPS) is 34.9. The van der Waals surface area contributed by atoms with Gasteiger partial charge in [-0.3, -0.25) is 0 Å². The van der Waals surface area contributed by atoms with E-state index in [2.05, 4.69) is 0 Å². The van der Waals surface area contributed by atoms with Gasteiger partial charge >= 0.3 is 0 Å². The van der Waals surface area contributed by atoms with Crippen molar-refractivity contribution in [2.75, 3.05) is 6.61 Å². The Balaban J connectivity index is 2.38. The van der Waals surface area contributed by atoms with E-state index < -0.39 is 0 Å². The van der Waals surface area contributed by atoms with Gasteiger partial charge in [0.2, 0.25) is 0 Å². The first kappa shape index (κ1) is 6.78. The van der Waals surface area contributed by atoms with Gasteiger partial charge in [-0.15, -0.1) is 0 Å². The summed E-state index contributed by atoms with van der Waals surface area (Å²) in [6, 6.07) is 0. The zero-order chi connectivity index (χ0) is 6.69. The van der Waals surface area contributed by atoms with Crippen molar-refractivity contribution >= 4 is 0 Å². The standard InChI is InChI=1S/C7H12O2/c8-5-6-2-1-3-7(9)4-6/h1,3,6-9H,2,4-5H2/t6-,7-/m1/s1. The fourth-order valence-electron chi connectivity index (χ4n) is 1.09. The Morgan fingerprint density at radius 2 is 2.33 bits per heavy atom. The summed E-state index contributed by atoms with van der Waals surface area (Å²) in [5, 5.41) is 17.7. The molecular formula is C7H12O2. The van der Waals surface area contributed by atoms with E-state index in [1.165, 1.54) is 0 Å². The van der Waals surface area contributed by atoms with Crippen molar-refractivity contribution in [2.45, 2.75) is 18.9 Å². The molecule has 0 bridgehead atoms. The van der Waals surface area contributed by atoms with Gasteiger partial charge in [-0.25, -0.2) is 0 Å². The Hall–Kier alpha value is -0.340. The number of hydrogen-bond acceptors (Lipinski definition) is 2. The van der Waals surface area contributed by atoms with Gasteiger partial charge in [0.1, 0.15) is 0 Å². The van der Waals surface area contributed by atoms with Gasteiger partial charge in [0.25, 0.3) is 0 Å². The molecule has 9 heavy (non-hydrogen) atoms. The average molecular weight is 128 g/mol. The van der Waals surface area contributed by atoms with Crippen LogP contribution in [0.4, 0.5) is 0 Å².